The fourth-order valence-corrected chi connectivity index (χ4v) is 2.94. The van der Waals surface area contributed by atoms with Gasteiger partial charge in [-0.05, 0) is 18.9 Å². The van der Waals surface area contributed by atoms with Gasteiger partial charge in [0.25, 0.3) is 0 Å². The molecule has 5 heteroatoms. The maximum atomic E-state index is 12.1. The minimum atomic E-state index is -0.508. The highest BCUT2D eigenvalue weighted by molar-refractivity contribution is 6.30. The second-order valence-electron chi connectivity index (χ2n) is 5.53. The lowest BCUT2D eigenvalue weighted by Gasteiger charge is -2.42. The van der Waals surface area contributed by atoms with Gasteiger partial charge in [0.1, 0.15) is 5.38 Å². The van der Waals surface area contributed by atoms with Crippen molar-refractivity contribution in [2.75, 3.05) is 26.2 Å². The molecule has 1 aromatic rings. The molecule has 1 heterocycles. The molecular formula is C16H23ClN2O2. The lowest BCUT2D eigenvalue weighted by atomic mass is 10.1. The zero-order valence-corrected chi connectivity index (χ0v) is 13.2. The van der Waals surface area contributed by atoms with Gasteiger partial charge in [-0.25, -0.2) is 0 Å². The van der Waals surface area contributed by atoms with Crippen LogP contribution in [0.1, 0.15) is 18.9 Å². The van der Waals surface area contributed by atoms with Crippen LogP contribution in [0.2, 0.25) is 0 Å². The third kappa shape index (κ3) is 4.43. The predicted octanol–water partition coefficient (Wildman–Crippen LogP) is 1.71. The van der Waals surface area contributed by atoms with Gasteiger partial charge in [0, 0.05) is 38.8 Å². The number of aliphatic hydroxyl groups is 1. The first kappa shape index (κ1) is 16.3. The van der Waals surface area contributed by atoms with Gasteiger partial charge in [-0.3, -0.25) is 9.69 Å². The fourth-order valence-electron chi connectivity index (χ4n) is 2.82. The topological polar surface area (TPSA) is 43.8 Å². The summed E-state index contributed by atoms with van der Waals surface area (Å²) in [5.74, 6) is -0.0329. The number of aliphatic hydroxyl groups excluding tert-OH is 1. The summed E-state index contributed by atoms with van der Waals surface area (Å²) in [5, 5.41) is 8.74. The Bertz CT molecular complexity index is 453. The zero-order valence-electron chi connectivity index (χ0n) is 12.4. The first-order chi connectivity index (χ1) is 10.1. The van der Waals surface area contributed by atoms with Crippen molar-refractivity contribution in [2.24, 2.45) is 0 Å². The summed E-state index contributed by atoms with van der Waals surface area (Å²) >= 11 is 5.93. The molecule has 0 bridgehead atoms. The Morgan fingerprint density at radius 3 is 2.71 bits per heavy atom. The van der Waals surface area contributed by atoms with Crippen LogP contribution in [0.3, 0.4) is 0 Å². The van der Waals surface area contributed by atoms with Gasteiger partial charge in [-0.15, -0.1) is 11.6 Å². The number of piperazine rings is 1. The Kier molecular flexibility index (Phi) is 6.03. The third-order valence-electron chi connectivity index (χ3n) is 3.90. The molecule has 1 aromatic carbocycles. The smallest absolute Gasteiger partial charge is 0.240 e. The van der Waals surface area contributed by atoms with Crippen molar-refractivity contribution in [1.82, 2.24) is 9.80 Å². The largest absolute Gasteiger partial charge is 0.396 e. The van der Waals surface area contributed by atoms with Gasteiger partial charge in [0.05, 0.1) is 0 Å². The Morgan fingerprint density at radius 1 is 1.38 bits per heavy atom. The summed E-state index contributed by atoms with van der Waals surface area (Å²) in [4.78, 5) is 16.3. The maximum absolute atomic E-state index is 12.1. The van der Waals surface area contributed by atoms with E-state index < -0.39 is 5.38 Å². The van der Waals surface area contributed by atoms with Gasteiger partial charge in [-0.1, -0.05) is 30.3 Å². The minimum absolute atomic E-state index is 0.0329. The lowest BCUT2D eigenvalue weighted by molar-refractivity contribution is -0.136. The number of benzene rings is 1. The number of carbonyl (C=O) groups is 1. The molecule has 4 nitrogen and oxygen atoms in total. The molecule has 0 aromatic heterocycles. The molecule has 0 radical (unpaired) electrons. The van der Waals surface area contributed by atoms with Gasteiger partial charge in [0.2, 0.25) is 5.91 Å². The Balaban J connectivity index is 1.99. The van der Waals surface area contributed by atoms with Crippen LogP contribution in [0, 0.1) is 0 Å². The summed E-state index contributed by atoms with van der Waals surface area (Å²) in [6, 6.07) is 10.3. The van der Waals surface area contributed by atoms with E-state index in [-0.39, 0.29) is 18.6 Å². The van der Waals surface area contributed by atoms with Crippen LogP contribution in [0.15, 0.2) is 30.3 Å². The Morgan fingerprint density at radius 2 is 2.10 bits per heavy atom. The van der Waals surface area contributed by atoms with Crippen molar-refractivity contribution >= 4 is 17.5 Å². The lowest BCUT2D eigenvalue weighted by Crippen LogP contribution is -2.56. The van der Waals surface area contributed by atoms with Gasteiger partial charge in [0.15, 0.2) is 0 Å². The summed E-state index contributed by atoms with van der Waals surface area (Å²) < 4.78 is 0. The third-order valence-corrected chi connectivity index (χ3v) is 4.09. The molecule has 21 heavy (non-hydrogen) atoms. The first-order valence-electron chi connectivity index (χ1n) is 7.43. The van der Waals surface area contributed by atoms with Crippen molar-refractivity contribution in [3.8, 4) is 0 Å². The molecule has 2 atom stereocenters. The summed E-state index contributed by atoms with van der Waals surface area (Å²) in [5.41, 5.74) is 1.27. The normalized spacial score (nSPS) is 21.3. The van der Waals surface area contributed by atoms with E-state index in [1.165, 1.54) is 5.56 Å². The van der Waals surface area contributed by atoms with E-state index in [1.54, 1.807) is 6.92 Å². The molecule has 0 spiro atoms. The fraction of sp³-hybridized carbons (Fsp3) is 0.562. The van der Waals surface area contributed by atoms with E-state index in [1.807, 2.05) is 23.1 Å². The first-order valence-corrected chi connectivity index (χ1v) is 7.87. The maximum Gasteiger partial charge on any atom is 0.240 e. The van der Waals surface area contributed by atoms with Gasteiger partial charge >= 0.3 is 0 Å². The Hall–Kier alpha value is -1.10. The van der Waals surface area contributed by atoms with Crippen LogP contribution in [-0.4, -0.2) is 58.5 Å². The molecule has 1 amide bonds. The van der Waals surface area contributed by atoms with Crippen LogP contribution in [0.25, 0.3) is 0 Å². The summed E-state index contributed by atoms with van der Waals surface area (Å²) in [6.07, 6.45) is 0.598. The SMILES string of the molecule is C[C@H](Cl)C(=O)N1CCN(Cc2ccccc2)C[C@H]1CCO. The van der Waals surface area contributed by atoms with Crippen molar-refractivity contribution in [3.05, 3.63) is 35.9 Å². The highest BCUT2D eigenvalue weighted by atomic mass is 35.5. The van der Waals surface area contributed by atoms with Crippen molar-refractivity contribution in [3.63, 3.8) is 0 Å². The number of carbonyl (C=O) groups excluding carboxylic acids is 1. The van der Waals surface area contributed by atoms with E-state index in [0.29, 0.717) is 13.0 Å². The van der Waals surface area contributed by atoms with Crippen molar-refractivity contribution in [1.29, 1.82) is 0 Å². The summed E-state index contributed by atoms with van der Waals surface area (Å²) in [7, 11) is 0. The van der Waals surface area contributed by atoms with Gasteiger partial charge < -0.3 is 10.0 Å². The number of rotatable bonds is 5. The van der Waals surface area contributed by atoms with Crippen LogP contribution >= 0.6 is 11.6 Å². The zero-order chi connectivity index (χ0) is 15.2. The number of halogens is 1. The van der Waals surface area contributed by atoms with Crippen LogP contribution in [-0.2, 0) is 11.3 Å². The molecule has 0 unspecified atom stereocenters. The second-order valence-corrected chi connectivity index (χ2v) is 6.19. The average molecular weight is 311 g/mol. The predicted molar refractivity (Wildman–Crippen MR) is 84.2 cm³/mol. The number of alkyl halides is 1. The molecule has 0 saturated carbocycles. The van der Waals surface area contributed by atoms with E-state index in [2.05, 4.69) is 17.0 Å². The number of amides is 1. The van der Waals surface area contributed by atoms with E-state index in [0.717, 1.165) is 19.6 Å². The van der Waals surface area contributed by atoms with Crippen molar-refractivity contribution < 1.29 is 9.90 Å². The molecule has 116 valence electrons. The molecular weight excluding hydrogens is 288 g/mol. The molecule has 1 aliphatic rings. The molecule has 1 fully saturated rings. The molecule has 1 saturated heterocycles. The highest BCUT2D eigenvalue weighted by Crippen LogP contribution is 2.17. The van der Waals surface area contributed by atoms with E-state index in [4.69, 9.17) is 11.6 Å². The minimum Gasteiger partial charge on any atom is -0.396 e. The van der Waals surface area contributed by atoms with Crippen LogP contribution < -0.4 is 0 Å². The highest BCUT2D eigenvalue weighted by Gasteiger charge is 2.31. The summed E-state index contributed by atoms with van der Waals surface area (Å²) in [6.45, 7) is 4.96. The van der Waals surface area contributed by atoms with Gasteiger partial charge in [-0.2, -0.15) is 0 Å². The van der Waals surface area contributed by atoms with E-state index >= 15 is 0 Å². The number of nitrogens with zero attached hydrogens (tertiary/aromatic N) is 2. The number of hydrogen-bond acceptors (Lipinski definition) is 3. The van der Waals surface area contributed by atoms with Crippen molar-refractivity contribution in [2.45, 2.75) is 31.3 Å². The monoisotopic (exact) mass is 310 g/mol. The molecule has 0 aliphatic carbocycles. The average Bonchev–Trinajstić information content (AvgIpc) is 2.48. The molecule has 1 aliphatic heterocycles. The standard InChI is InChI=1S/C16H23ClN2O2/c1-13(17)16(21)19-9-8-18(12-15(19)7-10-20)11-14-5-3-2-4-6-14/h2-6,13,15,20H,7-12H2,1H3/t13-,15+/m0/s1. The number of hydrogen-bond donors (Lipinski definition) is 1. The quantitative estimate of drug-likeness (QED) is 0.842. The van der Waals surface area contributed by atoms with E-state index in [9.17, 15) is 9.90 Å². The Labute approximate surface area is 131 Å². The molecule has 2 rings (SSSR count). The van der Waals surface area contributed by atoms with Crippen LogP contribution in [0.4, 0.5) is 0 Å². The second kappa shape index (κ2) is 7.78. The van der Waals surface area contributed by atoms with Crippen LogP contribution in [0.5, 0.6) is 0 Å². The molecule has 1 N–H and O–H groups in total.